The summed E-state index contributed by atoms with van der Waals surface area (Å²) in [6, 6.07) is 6.53. The third-order valence-electron chi connectivity index (χ3n) is 5.29. The van der Waals surface area contributed by atoms with Crippen molar-refractivity contribution in [3.63, 3.8) is 0 Å². The molecule has 10 nitrogen and oxygen atoms in total. The number of hydrogen-bond acceptors (Lipinski definition) is 7. The van der Waals surface area contributed by atoms with Crippen LogP contribution in [0, 0.1) is 5.82 Å². The van der Waals surface area contributed by atoms with Crippen LogP contribution in [0.3, 0.4) is 0 Å². The second-order valence-electron chi connectivity index (χ2n) is 8.04. The summed E-state index contributed by atoms with van der Waals surface area (Å²) < 4.78 is 38.1. The van der Waals surface area contributed by atoms with Crippen molar-refractivity contribution in [1.29, 1.82) is 0 Å². The number of H-pyrrole nitrogens is 1. The Hall–Kier alpha value is -3.02. The van der Waals surface area contributed by atoms with Crippen molar-refractivity contribution in [2.24, 2.45) is 0 Å². The fourth-order valence-electron chi connectivity index (χ4n) is 3.89. The van der Waals surface area contributed by atoms with Gasteiger partial charge in [-0.05, 0) is 26.0 Å². The van der Waals surface area contributed by atoms with Crippen LogP contribution in [0.1, 0.15) is 19.9 Å². The molecule has 0 bridgehead atoms. The van der Waals surface area contributed by atoms with Gasteiger partial charge in [0.15, 0.2) is 24.0 Å². The van der Waals surface area contributed by atoms with Gasteiger partial charge in [0.2, 0.25) is 0 Å². The summed E-state index contributed by atoms with van der Waals surface area (Å²) in [5.74, 6) is -1.95. The lowest BCUT2D eigenvalue weighted by Crippen LogP contribution is -2.54. The number of aromatic amines is 1. The van der Waals surface area contributed by atoms with E-state index in [2.05, 4.69) is 10.3 Å². The SMILES string of the molecule is CC1(C)O[C@@H]2[C@H](O1)[C@@H](CNC(=O)COc1ccccc1F)OC[C@H]2n1ccc(=O)[nH]c1=O. The van der Waals surface area contributed by atoms with E-state index < -0.39 is 53.1 Å². The van der Waals surface area contributed by atoms with E-state index in [0.717, 1.165) is 0 Å². The number of rotatable bonds is 6. The van der Waals surface area contributed by atoms with E-state index in [1.165, 1.54) is 35.0 Å². The molecular formula is C21H24FN3O7. The Labute approximate surface area is 182 Å². The van der Waals surface area contributed by atoms with Crippen molar-refractivity contribution in [2.45, 2.75) is 44.0 Å². The highest BCUT2D eigenvalue weighted by molar-refractivity contribution is 5.77. The van der Waals surface area contributed by atoms with Crippen LogP contribution >= 0.6 is 0 Å². The van der Waals surface area contributed by atoms with Crippen molar-refractivity contribution in [1.82, 2.24) is 14.9 Å². The van der Waals surface area contributed by atoms with Gasteiger partial charge in [0.25, 0.3) is 11.5 Å². The molecule has 0 unspecified atom stereocenters. The van der Waals surface area contributed by atoms with E-state index in [-0.39, 0.29) is 25.5 Å². The Morgan fingerprint density at radius 2 is 2.00 bits per heavy atom. The molecule has 2 aliphatic rings. The van der Waals surface area contributed by atoms with Crippen molar-refractivity contribution in [3.05, 3.63) is 63.2 Å². The first-order valence-electron chi connectivity index (χ1n) is 10.2. The summed E-state index contributed by atoms with van der Waals surface area (Å²) in [6.45, 7) is 3.35. The molecule has 4 atom stereocenters. The first kappa shape index (κ1) is 22.2. The predicted octanol–water partition coefficient (Wildman–Crippen LogP) is 0.331. The Balaban J connectivity index is 1.40. The second kappa shape index (κ2) is 8.85. The molecule has 2 saturated heterocycles. The zero-order chi connectivity index (χ0) is 22.9. The zero-order valence-electron chi connectivity index (χ0n) is 17.6. The molecule has 0 aliphatic carbocycles. The molecule has 4 rings (SSSR count). The minimum atomic E-state index is -0.927. The molecule has 0 radical (unpaired) electrons. The monoisotopic (exact) mass is 449 g/mol. The number of carbonyl (C=O) groups excluding carboxylic acids is 1. The Morgan fingerprint density at radius 3 is 2.75 bits per heavy atom. The van der Waals surface area contributed by atoms with Crippen LogP contribution < -0.4 is 21.3 Å². The maximum absolute atomic E-state index is 13.6. The molecule has 3 heterocycles. The van der Waals surface area contributed by atoms with Gasteiger partial charge < -0.3 is 24.3 Å². The van der Waals surface area contributed by atoms with Gasteiger partial charge in [-0.1, -0.05) is 12.1 Å². The van der Waals surface area contributed by atoms with Gasteiger partial charge >= 0.3 is 5.69 Å². The number of benzene rings is 1. The Morgan fingerprint density at radius 1 is 1.25 bits per heavy atom. The molecule has 172 valence electrons. The fraction of sp³-hybridized carbons (Fsp3) is 0.476. The van der Waals surface area contributed by atoms with E-state index in [1.807, 2.05) is 0 Å². The summed E-state index contributed by atoms with van der Waals surface area (Å²) in [5, 5.41) is 2.69. The van der Waals surface area contributed by atoms with Crippen LogP contribution in [0.15, 0.2) is 46.1 Å². The van der Waals surface area contributed by atoms with Crippen molar-refractivity contribution in [3.8, 4) is 5.75 Å². The first-order chi connectivity index (χ1) is 15.2. The third-order valence-corrected chi connectivity index (χ3v) is 5.29. The van der Waals surface area contributed by atoms with Gasteiger partial charge in [0, 0.05) is 18.8 Å². The maximum Gasteiger partial charge on any atom is 0.328 e. The quantitative estimate of drug-likeness (QED) is 0.652. The van der Waals surface area contributed by atoms with Crippen molar-refractivity contribution >= 4 is 5.91 Å². The summed E-state index contributed by atoms with van der Waals surface area (Å²) in [6.07, 6.45) is -0.272. The Kier molecular flexibility index (Phi) is 6.13. The number of nitrogens with zero attached hydrogens (tertiary/aromatic N) is 1. The molecule has 2 N–H and O–H groups in total. The number of carbonyl (C=O) groups is 1. The highest BCUT2D eigenvalue weighted by Crippen LogP contribution is 2.39. The number of nitrogens with one attached hydrogen (secondary N) is 2. The standard InChI is InChI=1S/C21H24FN3O7/c1-21(2)31-18-13(25-8-7-16(26)24-20(25)28)10-29-15(19(18)32-21)9-23-17(27)11-30-14-6-4-3-5-12(14)22/h3-8,13,15,18-19H,9-11H2,1-2H3,(H,23,27)(H,24,26,28)/t13-,15-,18+,19-/m1/s1. The predicted molar refractivity (Wildman–Crippen MR) is 109 cm³/mol. The summed E-state index contributed by atoms with van der Waals surface area (Å²) in [4.78, 5) is 38.1. The number of hydrogen-bond donors (Lipinski definition) is 2. The molecule has 11 heteroatoms. The highest BCUT2D eigenvalue weighted by atomic mass is 19.1. The Bertz CT molecular complexity index is 1100. The third kappa shape index (κ3) is 4.74. The number of aromatic nitrogens is 2. The van der Waals surface area contributed by atoms with Gasteiger partial charge in [-0.25, -0.2) is 9.18 Å². The summed E-state index contributed by atoms with van der Waals surface area (Å²) >= 11 is 0. The molecule has 1 aromatic carbocycles. The van der Waals surface area contributed by atoms with Crippen LogP contribution in [0.4, 0.5) is 4.39 Å². The van der Waals surface area contributed by atoms with Crippen LogP contribution in [0.2, 0.25) is 0 Å². The van der Waals surface area contributed by atoms with Gasteiger partial charge in [0.1, 0.15) is 18.3 Å². The lowest BCUT2D eigenvalue weighted by atomic mass is 9.97. The summed E-state index contributed by atoms with van der Waals surface area (Å²) in [5.41, 5.74) is -1.07. The van der Waals surface area contributed by atoms with E-state index in [1.54, 1.807) is 19.9 Å². The fourth-order valence-corrected chi connectivity index (χ4v) is 3.89. The molecule has 1 aromatic heterocycles. The average molecular weight is 449 g/mol. The van der Waals surface area contributed by atoms with E-state index in [0.29, 0.717) is 0 Å². The topological polar surface area (TPSA) is 121 Å². The maximum atomic E-state index is 13.6. The molecule has 0 saturated carbocycles. The normalized spacial score (nSPS) is 26.3. The van der Waals surface area contributed by atoms with Crippen LogP contribution in [0.25, 0.3) is 0 Å². The van der Waals surface area contributed by atoms with Crippen molar-refractivity contribution < 1.29 is 28.1 Å². The lowest BCUT2D eigenvalue weighted by Gasteiger charge is -2.37. The largest absolute Gasteiger partial charge is 0.481 e. The molecule has 0 spiro atoms. The molecule has 2 aliphatic heterocycles. The minimum absolute atomic E-state index is 0.0138. The smallest absolute Gasteiger partial charge is 0.328 e. The van der Waals surface area contributed by atoms with E-state index in [9.17, 15) is 18.8 Å². The van der Waals surface area contributed by atoms with Crippen molar-refractivity contribution in [2.75, 3.05) is 19.8 Å². The van der Waals surface area contributed by atoms with Crippen LogP contribution in [-0.4, -0.2) is 59.3 Å². The lowest BCUT2D eigenvalue weighted by molar-refractivity contribution is -0.153. The number of fused-ring (bicyclic) bond motifs is 1. The van der Waals surface area contributed by atoms with E-state index in [4.69, 9.17) is 18.9 Å². The van der Waals surface area contributed by atoms with Gasteiger partial charge in [-0.2, -0.15) is 0 Å². The molecule has 2 aromatic rings. The number of halogens is 1. The minimum Gasteiger partial charge on any atom is -0.481 e. The molecule has 2 fully saturated rings. The number of amides is 1. The van der Waals surface area contributed by atoms with Crippen LogP contribution in [0.5, 0.6) is 5.75 Å². The number of ether oxygens (including phenoxy) is 4. The zero-order valence-corrected chi connectivity index (χ0v) is 17.6. The molecule has 32 heavy (non-hydrogen) atoms. The summed E-state index contributed by atoms with van der Waals surface area (Å²) in [7, 11) is 0. The van der Waals surface area contributed by atoms with E-state index >= 15 is 0 Å². The van der Waals surface area contributed by atoms with Crippen LogP contribution in [-0.2, 0) is 19.0 Å². The molecular weight excluding hydrogens is 425 g/mol. The average Bonchev–Trinajstić information content (AvgIpc) is 3.07. The highest BCUT2D eigenvalue weighted by Gasteiger charge is 2.52. The first-order valence-corrected chi connectivity index (χ1v) is 10.2. The number of para-hydroxylation sites is 1. The second-order valence-corrected chi connectivity index (χ2v) is 8.04. The van der Waals surface area contributed by atoms with Gasteiger partial charge in [0.05, 0.1) is 12.6 Å². The molecule has 1 amide bonds. The van der Waals surface area contributed by atoms with Gasteiger partial charge in [-0.3, -0.25) is 19.1 Å². The van der Waals surface area contributed by atoms with Gasteiger partial charge in [-0.15, -0.1) is 0 Å².